The summed E-state index contributed by atoms with van der Waals surface area (Å²) in [5.74, 6) is 0.0246. The van der Waals surface area contributed by atoms with E-state index < -0.39 is 15.9 Å². The highest BCUT2D eigenvalue weighted by atomic mass is 35.5. The number of amides is 2. The SMILES string of the molecule is Cl.O=C(CCNC(=O)c1ccc(S(=O)(=O)N(Oc2ccc(Cl)cc2Cl)c2ccccc2)cc1)NCC1CCNCC1. The van der Waals surface area contributed by atoms with Gasteiger partial charge in [-0.3, -0.25) is 9.59 Å². The van der Waals surface area contributed by atoms with Gasteiger partial charge in [0.25, 0.3) is 15.9 Å². The molecule has 0 bridgehead atoms. The molecule has 3 N–H and O–H groups in total. The topological polar surface area (TPSA) is 117 Å². The fourth-order valence-corrected chi connectivity index (χ4v) is 5.82. The van der Waals surface area contributed by atoms with Crippen LogP contribution in [0.2, 0.25) is 10.0 Å². The standard InChI is InChI=1S/C28H30Cl2N4O5S.ClH/c29-22-8-11-26(25(30)18-22)39-34(23-4-2-1-3-5-23)40(37,38)24-9-6-21(7-10-24)28(36)32-17-14-27(35)33-19-20-12-15-31-16-13-20;/h1-11,18,20,31H,12-17,19H2,(H,32,36)(H,33,35);1H. The third kappa shape index (κ3) is 8.98. The van der Waals surface area contributed by atoms with Crippen molar-refractivity contribution in [1.82, 2.24) is 16.0 Å². The Kier molecular flexibility index (Phi) is 12.1. The Bertz CT molecular complexity index is 1420. The second kappa shape index (κ2) is 15.3. The summed E-state index contributed by atoms with van der Waals surface area (Å²) in [4.78, 5) is 30.4. The van der Waals surface area contributed by atoms with Crippen LogP contribution >= 0.6 is 35.6 Å². The Morgan fingerprint density at radius 1 is 0.951 bits per heavy atom. The molecule has 0 unspecified atom stereocenters. The number of hydrogen-bond donors (Lipinski definition) is 3. The second-order valence-corrected chi connectivity index (χ2v) is 11.9. The van der Waals surface area contributed by atoms with E-state index in [9.17, 15) is 18.0 Å². The predicted molar refractivity (Wildman–Crippen MR) is 162 cm³/mol. The summed E-state index contributed by atoms with van der Waals surface area (Å²) in [6.45, 7) is 2.72. The molecule has 13 heteroatoms. The number of carbonyl (C=O) groups is 2. The molecule has 1 aliphatic rings. The van der Waals surface area contributed by atoms with Gasteiger partial charge in [0.1, 0.15) is 0 Å². The predicted octanol–water partition coefficient (Wildman–Crippen LogP) is 4.84. The van der Waals surface area contributed by atoms with E-state index in [-0.39, 0.29) is 58.2 Å². The zero-order valence-electron chi connectivity index (χ0n) is 22.0. The Morgan fingerprint density at radius 3 is 2.29 bits per heavy atom. The summed E-state index contributed by atoms with van der Waals surface area (Å²) >= 11 is 12.2. The Labute approximate surface area is 256 Å². The highest BCUT2D eigenvalue weighted by molar-refractivity contribution is 7.92. The fraction of sp³-hybridized carbons (Fsp3) is 0.286. The molecule has 1 fully saturated rings. The van der Waals surface area contributed by atoms with Gasteiger partial charge in [-0.25, -0.2) is 0 Å². The van der Waals surface area contributed by atoms with E-state index in [1.54, 1.807) is 30.3 Å². The number of benzene rings is 3. The number of para-hydroxylation sites is 1. The summed E-state index contributed by atoms with van der Waals surface area (Å²) in [5, 5.41) is 9.42. The van der Waals surface area contributed by atoms with Gasteiger partial charge in [-0.15, -0.1) is 12.4 Å². The first-order chi connectivity index (χ1) is 19.2. The van der Waals surface area contributed by atoms with Crippen molar-refractivity contribution >= 4 is 63.1 Å². The molecule has 3 aromatic rings. The second-order valence-electron chi connectivity index (χ2n) is 9.26. The van der Waals surface area contributed by atoms with Gasteiger partial charge in [-0.05, 0) is 86.4 Å². The lowest BCUT2D eigenvalue weighted by Crippen LogP contribution is -2.37. The normalized spacial score (nSPS) is 13.5. The number of piperidine rings is 1. The van der Waals surface area contributed by atoms with E-state index in [4.69, 9.17) is 28.0 Å². The number of rotatable bonds is 11. The van der Waals surface area contributed by atoms with Crippen molar-refractivity contribution in [2.24, 2.45) is 5.92 Å². The third-order valence-electron chi connectivity index (χ3n) is 6.36. The van der Waals surface area contributed by atoms with Gasteiger partial charge < -0.3 is 20.8 Å². The van der Waals surface area contributed by atoms with Crippen LogP contribution in [0.3, 0.4) is 0 Å². The average Bonchev–Trinajstić information content (AvgIpc) is 2.96. The van der Waals surface area contributed by atoms with Crippen LogP contribution in [0.5, 0.6) is 5.75 Å². The highest BCUT2D eigenvalue weighted by Crippen LogP contribution is 2.32. The maximum absolute atomic E-state index is 13.6. The molecule has 1 heterocycles. The molecule has 2 amide bonds. The van der Waals surface area contributed by atoms with Gasteiger partial charge in [-0.1, -0.05) is 45.9 Å². The van der Waals surface area contributed by atoms with Crippen LogP contribution in [0.4, 0.5) is 5.69 Å². The Balaban J connectivity index is 0.00000462. The van der Waals surface area contributed by atoms with E-state index in [1.807, 2.05) is 0 Å². The van der Waals surface area contributed by atoms with Crippen molar-refractivity contribution in [1.29, 1.82) is 0 Å². The van der Waals surface area contributed by atoms with E-state index in [0.29, 0.717) is 17.5 Å². The molecule has 1 saturated heterocycles. The lowest BCUT2D eigenvalue weighted by molar-refractivity contribution is -0.121. The van der Waals surface area contributed by atoms with Gasteiger partial charge >= 0.3 is 0 Å². The molecule has 220 valence electrons. The third-order valence-corrected chi connectivity index (χ3v) is 8.48. The van der Waals surface area contributed by atoms with E-state index in [2.05, 4.69) is 16.0 Å². The molecule has 0 saturated carbocycles. The van der Waals surface area contributed by atoms with Gasteiger partial charge in [-0.2, -0.15) is 8.42 Å². The van der Waals surface area contributed by atoms with Crippen molar-refractivity contribution < 1.29 is 22.8 Å². The summed E-state index contributed by atoms with van der Waals surface area (Å²) in [5.41, 5.74) is 0.496. The summed E-state index contributed by atoms with van der Waals surface area (Å²) in [7, 11) is -4.23. The maximum atomic E-state index is 13.6. The first-order valence-electron chi connectivity index (χ1n) is 12.8. The van der Waals surface area contributed by atoms with E-state index in [0.717, 1.165) is 30.4 Å². The first kappa shape index (κ1) is 32.5. The fourth-order valence-electron chi connectivity index (χ4n) is 4.13. The zero-order valence-corrected chi connectivity index (χ0v) is 25.2. The number of carbonyl (C=O) groups excluding carboxylic acids is 2. The van der Waals surface area contributed by atoms with Crippen molar-refractivity contribution in [2.75, 3.05) is 30.6 Å². The largest absolute Gasteiger partial charge is 0.363 e. The smallest absolute Gasteiger partial charge is 0.295 e. The van der Waals surface area contributed by atoms with Crippen LogP contribution in [0.25, 0.3) is 0 Å². The van der Waals surface area contributed by atoms with Gasteiger partial charge in [0.05, 0.1) is 15.6 Å². The molecule has 4 rings (SSSR count). The Morgan fingerprint density at radius 2 is 1.63 bits per heavy atom. The van der Waals surface area contributed by atoms with Crippen LogP contribution in [-0.4, -0.2) is 46.4 Å². The molecule has 9 nitrogen and oxygen atoms in total. The molecular weight excluding hydrogens is 611 g/mol. The number of nitrogens with one attached hydrogen (secondary N) is 3. The van der Waals surface area contributed by atoms with Crippen molar-refractivity contribution in [3.8, 4) is 5.75 Å². The van der Waals surface area contributed by atoms with Crippen LogP contribution < -0.4 is 25.3 Å². The minimum Gasteiger partial charge on any atom is -0.363 e. The Hall–Kier alpha value is -3.02. The summed E-state index contributed by atoms with van der Waals surface area (Å²) in [6.07, 6.45) is 2.22. The molecular formula is C28H31Cl3N4O5S. The molecule has 41 heavy (non-hydrogen) atoms. The van der Waals surface area contributed by atoms with Crippen LogP contribution in [0.15, 0.2) is 77.7 Å². The summed E-state index contributed by atoms with van der Waals surface area (Å²) in [6, 6.07) is 18.1. The molecule has 0 aromatic heterocycles. The lowest BCUT2D eigenvalue weighted by Gasteiger charge is -2.24. The monoisotopic (exact) mass is 640 g/mol. The van der Waals surface area contributed by atoms with Gasteiger partial charge in [0.15, 0.2) is 5.75 Å². The zero-order chi connectivity index (χ0) is 28.5. The molecule has 1 aliphatic heterocycles. The van der Waals surface area contributed by atoms with Gasteiger partial charge in [0, 0.05) is 30.1 Å². The van der Waals surface area contributed by atoms with Crippen molar-refractivity contribution in [3.05, 3.63) is 88.4 Å². The number of nitrogens with zero attached hydrogens (tertiary/aromatic N) is 1. The first-order valence-corrected chi connectivity index (χ1v) is 15.0. The van der Waals surface area contributed by atoms with E-state index >= 15 is 0 Å². The number of anilines is 1. The minimum atomic E-state index is -4.23. The van der Waals surface area contributed by atoms with Crippen molar-refractivity contribution in [2.45, 2.75) is 24.2 Å². The highest BCUT2D eigenvalue weighted by Gasteiger charge is 2.28. The molecule has 0 radical (unpaired) electrons. The molecule has 3 aromatic carbocycles. The lowest BCUT2D eigenvalue weighted by atomic mass is 9.98. The van der Waals surface area contributed by atoms with E-state index in [1.165, 1.54) is 42.5 Å². The minimum absolute atomic E-state index is 0. The van der Waals surface area contributed by atoms with Crippen molar-refractivity contribution in [3.63, 3.8) is 0 Å². The van der Waals surface area contributed by atoms with Gasteiger partial charge in [0.2, 0.25) is 5.91 Å². The number of halogens is 3. The summed E-state index contributed by atoms with van der Waals surface area (Å²) < 4.78 is 28.0. The van der Waals surface area contributed by atoms with Crippen LogP contribution in [0, 0.1) is 5.92 Å². The molecule has 0 aliphatic carbocycles. The molecule has 0 spiro atoms. The quantitative estimate of drug-likeness (QED) is 0.258. The van der Waals surface area contributed by atoms with Crippen LogP contribution in [-0.2, 0) is 14.8 Å². The average molecular weight is 642 g/mol. The van der Waals surface area contributed by atoms with Crippen LogP contribution in [0.1, 0.15) is 29.6 Å². The number of sulfonamides is 1. The maximum Gasteiger partial charge on any atom is 0.295 e. The molecule has 0 atom stereocenters. The number of hydrogen-bond acceptors (Lipinski definition) is 6.